The molecular weight excluding hydrogens is 280 g/mol. The first kappa shape index (κ1) is 16.4. The third kappa shape index (κ3) is 4.50. The molecule has 0 bridgehead atoms. The minimum absolute atomic E-state index is 0.118. The smallest absolute Gasteiger partial charge is 0.406 e. The highest BCUT2D eigenvalue weighted by atomic mass is 16.5. The highest BCUT2D eigenvalue weighted by Gasteiger charge is 2.26. The van der Waals surface area contributed by atoms with Crippen molar-refractivity contribution in [2.45, 2.75) is 51.2 Å². The van der Waals surface area contributed by atoms with Gasteiger partial charge in [0.05, 0.1) is 12.8 Å². The Morgan fingerprint density at radius 2 is 2.41 bits per heavy atom. The maximum absolute atomic E-state index is 11.0. The van der Waals surface area contributed by atoms with Gasteiger partial charge in [-0.1, -0.05) is 5.92 Å². The molecule has 6 nitrogen and oxygen atoms in total. The number of terminal acetylenes is 1. The number of carbonyl (C=O) groups excluding carboxylic acids is 1. The molecule has 1 fully saturated rings. The number of rotatable bonds is 8. The number of aryl methyl sites for hydroxylation is 2. The second kappa shape index (κ2) is 7.85. The molecule has 0 unspecified atom stereocenters. The lowest BCUT2D eigenvalue weighted by Gasteiger charge is -2.08. The van der Waals surface area contributed by atoms with Gasteiger partial charge >= 0.3 is 6.09 Å². The summed E-state index contributed by atoms with van der Waals surface area (Å²) >= 11 is 0. The zero-order chi connectivity index (χ0) is 15.9. The molecule has 2 rings (SSSR count). The van der Waals surface area contributed by atoms with E-state index in [1.54, 1.807) is 0 Å². The summed E-state index contributed by atoms with van der Waals surface area (Å²) in [6.07, 6.45) is 9.29. The molecule has 22 heavy (non-hydrogen) atoms. The fraction of sp³-hybridized carbons (Fsp3) is 0.625. The van der Waals surface area contributed by atoms with Crippen LogP contribution in [-0.2, 0) is 17.7 Å². The summed E-state index contributed by atoms with van der Waals surface area (Å²) in [5.41, 5.74) is 2.05. The second-order valence-corrected chi connectivity index (χ2v) is 5.44. The van der Waals surface area contributed by atoms with Crippen molar-refractivity contribution in [2.24, 2.45) is 0 Å². The summed E-state index contributed by atoms with van der Waals surface area (Å²) < 4.78 is 6.52. The largest absolute Gasteiger partial charge is 0.453 e. The fourth-order valence-corrected chi connectivity index (χ4v) is 2.33. The summed E-state index contributed by atoms with van der Waals surface area (Å²) in [5.74, 6) is 2.78. The number of alkyl carbamates (subject to hydrolysis) is 1. The number of ether oxygens (including phenoxy) is 1. The molecule has 1 aromatic rings. The molecule has 6 heteroatoms. The van der Waals surface area contributed by atoms with E-state index in [0.717, 1.165) is 30.8 Å². The lowest BCUT2D eigenvalue weighted by Crippen LogP contribution is -2.24. The molecule has 2 N–H and O–H groups in total. The van der Waals surface area contributed by atoms with E-state index >= 15 is 0 Å². The topological polar surface area (TPSA) is 68.2 Å². The van der Waals surface area contributed by atoms with Crippen molar-refractivity contribution in [1.82, 2.24) is 20.4 Å². The SMILES string of the molecule is C#C[C@@H](NC1CC1)c1cc(CCCNC(=O)OC)n(CC)n1. The molecule has 0 aromatic carbocycles. The van der Waals surface area contributed by atoms with Crippen LogP contribution in [0.15, 0.2) is 6.07 Å². The Balaban J connectivity index is 1.92. The Hall–Kier alpha value is -2.00. The predicted octanol–water partition coefficient (Wildman–Crippen LogP) is 1.62. The number of hydrogen-bond donors (Lipinski definition) is 2. The fourth-order valence-electron chi connectivity index (χ4n) is 2.33. The quantitative estimate of drug-likeness (QED) is 0.566. The average Bonchev–Trinajstić information content (AvgIpc) is 3.27. The summed E-state index contributed by atoms with van der Waals surface area (Å²) in [7, 11) is 1.36. The van der Waals surface area contributed by atoms with E-state index in [9.17, 15) is 4.79 Å². The minimum atomic E-state index is -0.397. The van der Waals surface area contributed by atoms with E-state index in [1.165, 1.54) is 20.0 Å². The van der Waals surface area contributed by atoms with Gasteiger partial charge in [-0.3, -0.25) is 10.00 Å². The van der Waals surface area contributed by atoms with Crippen LogP contribution in [0.25, 0.3) is 0 Å². The van der Waals surface area contributed by atoms with Gasteiger partial charge in [0.1, 0.15) is 6.04 Å². The summed E-state index contributed by atoms with van der Waals surface area (Å²) in [6, 6.07) is 2.49. The van der Waals surface area contributed by atoms with Gasteiger partial charge in [0, 0.05) is 24.8 Å². The Bertz CT molecular complexity index is 543. The molecule has 1 aromatic heterocycles. The van der Waals surface area contributed by atoms with Crippen LogP contribution in [0.1, 0.15) is 43.6 Å². The number of methoxy groups -OCH3 is 1. The molecule has 1 amide bonds. The van der Waals surface area contributed by atoms with Gasteiger partial charge in [-0.05, 0) is 38.7 Å². The van der Waals surface area contributed by atoms with Crippen LogP contribution < -0.4 is 10.6 Å². The molecule has 0 radical (unpaired) electrons. The molecule has 1 atom stereocenters. The number of amides is 1. The predicted molar refractivity (Wildman–Crippen MR) is 84.4 cm³/mol. The zero-order valence-corrected chi connectivity index (χ0v) is 13.3. The Kier molecular flexibility index (Phi) is 5.84. The Morgan fingerprint density at radius 1 is 1.64 bits per heavy atom. The van der Waals surface area contributed by atoms with Gasteiger partial charge in [0.2, 0.25) is 0 Å². The van der Waals surface area contributed by atoms with Crippen LogP contribution in [0, 0.1) is 12.3 Å². The first-order valence-electron chi connectivity index (χ1n) is 7.78. The lowest BCUT2D eigenvalue weighted by atomic mass is 10.1. The number of nitrogens with zero attached hydrogens (tertiary/aromatic N) is 2. The van der Waals surface area contributed by atoms with Gasteiger partial charge in [-0.2, -0.15) is 5.10 Å². The van der Waals surface area contributed by atoms with Crippen LogP contribution in [0.5, 0.6) is 0 Å². The van der Waals surface area contributed by atoms with E-state index in [4.69, 9.17) is 6.42 Å². The van der Waals surface area contributed by atoms with Crippen molar-refractivity contribution in [1.29, 1.82) is 0 Å². The van der Waals surface area contributed by atoms with Crippen molar-refractivity contribution >= 4 is 6.09 Å². The van der Waals surface area contributed by atoms with Gasteiger partial charge < -0.3 is 10.1 Å². The first-order valence-corrected chi connectivity index (χ1v) is 7.78. The van der Waals surface area contributed by atoms with E-state index < -0.39 is 6.09 Å². The average molecular weight is 304 g/mol. The summed E-state index contributed by atoms with van der Waals surface area (Å²) in [5, 5.41) is 10.7. The van der Waals surface area contributed by atoms with E-state index in [2.05, 4.69) is 39.4 Å². The summed E-state index contributed by atoms with van der Waals surface area (Å²) in [6.45, 7) is 3.45. The molecule has 1 heterocycles. The van der Waals surface area contributed by atoms with Crippen molar-refractivity contribution < 1.29 is 9.53 Å². The number of nitrogens with one attached hydrogen (secondary N) is 2. The van der Waals surface area contributed by atoms with Crippen LogP contribution in [-0.4, -0.2) is 35.6 Å². The molecule has 1 aliphatic carbocycles. The highest BCUT2D eigenvalue weighted by molar-refractivity contribution is 5.66. The van der Waals surface area contributed by atoms with Gasteiger partial charge in [-0.25, -0.2) is 4.79 Å². The first-order chi connectivity index (χ1) is 10.7. The Labute approximate surface area is 131 Å². The van der Waals surface area contributed by atoms with E-state index in [0.29, 0.717) is 12.6 Å². The third-order valence-electron chi connectivity index (χ3n) is 3.69. The molecule has 0 aliphatic heterocycles. The van der Waals surface area contributed by atoms with Crippen molar-refractivity contribution in [3.05, 3.63) is 17.5 Å². The van der Waals surface area contributed by atoms with E-state index in [1.807, 2.05) is 4.68 Å². The number of carbonyl (C=O) groups is 1. The van der Waals surface area contributed by atoms with Crippen molar-refractivity contribution in [2.75, 3.05) is 13.7 Å². The van der Waals surface area contributed by atoms with Crippen molar-refractivity contribution in [3.8, 4) is 12.3 Å². The minimum Gasteiger partial charge on any atom is -0.453 e. The lowest BCUT2D eigenvalue weighted by molar-refractivity contribution is 0.171. The van der Waals surface area contributed by atoms with Crippen LogP contribution in [0.3, 0.4) is 0 Å². The second-order valence-electron chi connectivity index (χ2n) is 5.44. The van der Waals surface area contributed by atoms with Gasteiger partial charge in [0.15, 0.2) is 0 Å². The Morgan fingerprint density at radius 3 is 3.00 bits per heavy atom. The van der Waals surface area contributed by atoms with Crippen LogP contribution in [0.4, 0.5) is 4.79 Å². The van der Waals surface area contributed by atoms with Crippen molar-refractivity contribution in [3.63, 3.8) is 0 Å². The molecule has 1 saturated carbocycles. The van der Waals surface area contributed by atoms with E-state index in [-0.39, 0.29) is 6.04 Å². The number of aromatic nitrogens is 2. The standard InChI is InChI=1S/C16H24N4O2/c1-4-14(18-12-8-9-12)15-11-13(20(5-2)19-15)7-6-10-17-16(21)22-3/h1,11-12,14,18H,5-10H2,2-3H3,(H,17,21)/t14-/m1/s1. The molecule has 0 spiro atoms. The van der Waals surface area contributed by atoms with Crippen LogP contribution >= 0.6 is 0 Å². The third-order valence-corrected chi connectivity index (χ3v) is 3.69. The molecule has 0 saturated heterocycles. The maximum Gasteiger partial charge on any atom is 0.406 e. The van der Waals surface area contributed by atoms with Gasteiger partial charge in [0.25, 0.3) is 0 Å². The van der Waals surface area contributed by atoms with Gasteiger partial charge in [-0.15, -0.1) is 6.42 Å². The van der Waals surface area contributed by atoms with Crippen LogP contribution in [0.2, 0.25) is 0 Å². The monoisotopic (exact) mass is 304 g/mol. The molecule has 120 valence electrons. The highest BCUT2D eigenvalue weighted by Crippen LogP contribution is 2.24. The maximum atomic E-state index is 11.0. The molecule has 1 aliphatic rings. The zero-order valence-electron chi connectivity index (χ0n) is 13.3. The summed E-state index contributed by atoms with van der Waals surface area (Å²) in [4.78, 5) is 11.0. The molecular formula is C16H24N4O2. The normalized spacial score (nSPS) is 15.1. The number of hydrogen-bond acceptors (Lipinski definition) is 4.